The van der Waals surface area contributed by atoms with Crippen LogP contribution in [-0.2, 0) is 16.6 Å². The van der Waals surface area contributed by atoms with Crippen LogP contribution in [-0.4, -0.2) is 36.8 Å². The van der Waals surface area contributed by atoms with E-state index in [-0.39, 0.29) is 0 Å². The van der Waals surface area contributed by atoms with Gasteiger partial charge in [-0.1, -0.05) is 24.3 Å². The highest BCUT2D eigenvalue weighted by atomic mass is 32.2. The van der Waals surface area contributed by atoms with Crippen LogP contribution in [0.15, 0.2) is 69.6 Å². The average Bonchev–Trinajstić information content (AvgIpc) is 3.34. The number of hydrogen-bond donors (Lipinski definition) is 2. The summed E-state index contributed by atoms with van der Waals surface area (Å²) < 4.78 is 27.9. The largest absolute Gasteiger partial charge is 0.318 e. The Hall–Kier alpha value is -2.04. The van der Waals surface area contributed by atoms with Crippen LogP contribution in [0.2, 0.25) is 0 Å². The highest BCUT2D eigenvalue weighted by Gasteiger charge is 2.29. The zero-order valence-corrected chi connectivity index (χ0v) is 19.7. The van der Waals surface area contributed by atoms with E-state index in [0.717, 1.165) is 22.0 Å². The Bertz CT molecular complexity index is 1090. The maximum absolute atomic E-state index is 13.1. The number of hydrogen-bond acceptors (Lipinski definition) is 7. The van der Waals surface area contributed by atoms with Crippen LogP contribution in [0.5, 0.6) is 0 Å². The zero-order chi connectivity index (χ0) is 21.8. The summed E-state index contributed by atoms with van der Waals surface area (Å²) in [5, 5.41) is 5.77. The number of nitrogens with one attached hydrogen (secondary N) is 1. The lowest BCUT2D eigenvalue weighted by atomic mass is 9.92. The van der Waals surface area contributed by atoms with Crippen LogP contribution >= 0.6 is 22.7 Å². The minimum absolute atomic E-state index is 0.311. The number of nitrogens with two attached hydrogens (primary N) is 1. The van der Waals surface area contributed by atoms with Gasteiger partial charge in [0, 0.05) is 29.9 Å². The second-order valence-corrected chi connectivity index (χ2v) is 11.1. The molecule has 0 fully saturated rings. The third kappa shape index (κ3) is 4.98. The molecule has 0 saturated heterocycles. The fraction of sp³-hybridized carbons (Fsp3) is 0.286. The summed E-state index contributed by atoms with van der Waals surface area (Å²) in [6.45, 7) is 4.78. The van der Waals surface area contributed by atoms with Crippen molar-refractivity contribution in [3.05, 3.63) is 75.2 Å². The molecule has 1 unspecified atom stereocenters. The van der Waals surface area contributed by atoms with Gasteiger partial charge in [-0.25, -0.2) is 13.4 Å². The zero-order valence-electron chi connectivity index (χ0n) is 17.2. The van der Waals surface area contributed by atoms with E-state index in [1.165, 1.54) is 15.6 Å². The molecule has 0 aliphatic heterocycles. The Morgan fingerprint density at radius 2 is 2.17 bits per heavy atom. The van der Waals surface area contributed by atoms with Gasteiger partial charge in [-0.05, 0) is 56.1 Å². The summed E-state index contributed by atoms with van der Waals surface area (Å²) in [4.78, 5) is 5.57. The van der Waals surface area contributed by atoms with E-state index in [4.69, 9.17) is 5.73 Å². The van der Waals surface area contributed by atoms with E-state index in [0.29, 0.717) is 16.5 Å². The lowest BCUT2D eigenvalue weighted by Gasteiger charge is -2.27. The minimum atomic E-state index is -3.63. The molecule has 160 valence electrons. The molecule has 0 spiro atoms. The molecule has 0 radical (unpaired) electrons. The molecule has 3 rings (SSSR count). The lowest BCUT2D eigenvalue weighted by Crippen LogP contribution is -2.38. The summed E-state index contributed by atoms with van der Waals surface area (Å²) in [6.07, 6.45) is 13.1. The summed E-state index contributed by atoms with van der Waals surface area (Å²) in [5.41, 5.74) is 7.17. The molecule has 0 saturated carbocycles. The van der Waals surface area contributed by atoms with Crippen molar-refractivity contribution in [2.75, 3.05) is 13.6 Å². The Morgan fingerprint density at radius 3 is 2.83 bits per heavy atom. The smallest absolute Gasteiger partial charge is 0.273 e. The van der Waals surface area contributed by atoms with Crippen LogP contribution in [0.3, 0.4) is 0 Å². The Balaban J connectivity index is 1.87. The first-order chi connectivity index (χ1) is 14.3. The SMILES string of the molecule is CCN(C1=CC(C)(N)C(/C=C/c2ncc(CNC)s2)=CC=C1)S(=O)(=O)c1cccs1. The van der Waals surface area contributed by atoms with Gasteiger partial charge in [-0.15, -0.1) is 22.7 Å². The van der Waals surface area contributed by atoms with Crippen molar-refractivity contribution in [1.29, 1.82) is 0 Å². The number of allylic oxidation sites excluding steroid dienone is 3. The summed E-state index contributed by atoms with van der Waals surface area (Å²) in [7, 11) is -1.73. The Kier molecular flexibility index (Phi) is 7.10. The van der Waals surface area contributed by atoms with Gasteiger partial charge >= 0.3 is 0 Å². The summed E-state index contributed by atoms with van der Waals surface area (Å²) >= 11 is 2.82. The highest BCUT2D eigenvalue weighted by molar-refractivity contribution is 7.91. The summed E-state index contributed by atoms with van der Waals surface area (Å²) in [5.74, 6) is 0. The Morgan fingerprint density at radius 1 is 1.37 bits per heavy atom. The van der Waals surface area contributed by atoms with Crippen molar-refractivity contribution in [3.63, 3.8) is 0 Å². The predicted octanol–water partition coefficient (Wildman–Crippen LogP) is 3.75. The molecule has 6 nitrogen and oxygen atoms in total. The molecular formula is C21H26N4O2S3. The fourth-order valence-corrected chi connectivity index (χ4v) is 6.49. The van der Waals surface area contributed by atoms with E-state index in [9.17, 15) is 8.42 Å². The first kappa shape index (κ1) is 22.6. The standard InChI is InChI=1S/C21H26N4O2S3/c1-4-25(30(26,27)20-9-6-12-28-20)17-8-5-7-16(21(2,22)13-17)10-11-19-24-15-18(29-19)14-23-3/h5-13,15,23H,4,14,22H2,1-3H3/b11-10+. The summed E-state index contributed by atoms with van der Waals surface area (Å²) in [6, 6.07) is 3.36. The van der Waals surface area contributed by atoms with Crippen LogP contribution < -0.4 is 11.1 Å². The number of sulfonamides is 1. The molecule has 1 aliphatic rings. The van der Waals surface area contributed by atoms with Crippen LogP contribution in [0.25, 0.3) is 6.08 Å². The average molecular weight is 463 g/mol. The lowest BCUT2D eigenvalue weighted by molar-refractivity contribution is 0.496. The maximum atomic E-state index is 13.1. The van der Waals surface area contributed by atoms with Crippen molar-refractivity contribution >= 4 is 38.8 Å². The number of thiazole rings is 1. The molecule has 1 atom stereocenters. The fourth-order valence-electron chi connectivity index (χ4n) is 3.09. The number of aromatic nitrogens is 1. The highest BCUT2D eigenvalue weighted by Crippen LogP contribution is 2.29. The molecule has 9 heteroatoms. The molecule has 0 aromatic carbocycles. The molecule has 30 heavy (non-hydrogen) atoms. The quantitative estimate of drug-likeness (QED) is 0.624. The van der Waals surface area contributed by atoms with Crippen molar-refractivity contribution in [3.8, 4) is 0 Å². The second-order valence-electron chi connectivity index (χ2n) is 6.96. The molecule has 2 aromatic rings. The third-order valence-electron chi connectivity index (χ3n) is 4.56. The van der Waals surface area contributed by atoms with Gasteiger partial charge in [-0.2, -0.15) is 0 Å². The van der Waals surface area contributed by atoms with Gasteiger partial charge in [0.15, 0.2) is 0 Å². The molecule has 0 bridgehead atoms. The third-order valence-corrected chi connectivity index (χ3v) is 8.79. The van der Waals surface area contributed by atoms with Gasteiger partial charge < -0.3 is 11.1 Å². The van der Waals surface area contributed by atoms with Crippen molar-refractivity contribution in [1.82, 2.24) is 14.6 Å². The predicted molar refractivity (Wildman–Crippen MR) is 126 cm³/mol. The Labute approximate surface area is 186 Å². The van der Waals surface area contributed by atoms with Gasteiger partial charge in [0.25, 0.3) is 10.0 Å². The monoisotopic (exact) mass is 462 g/mol. The van der Waals surface area contributed by atoms with Crippen molar-refractivity contribution in [2.45, 2.75) is 30.1 Å². The van der Waals surface area contributed by atoms with E-state index >= 15 is 0 Å². The van der Waals surface area contributed by atoms with Crippen LogP contribution in [0.4, 0.5) is 0 Å². The van der Waals surface area contributed by atoms with Gasteiger partial charge in [-0.3, -0.25) is 4.31 Å². The van der Waals surface area contributed by atoms with E-state index < -0.39 is 15.6 Å². The van der Waals surface area contributed by atoms with Gasteiger partial charge in [0.2, 0.25) is 0 Å². The first-order valence-electron chi connectivity index (χ1n) is 9.52. The van der Waals surface area contributed by atoms with Gasteiger partial charge in [0.1, 0.15) is 9.22 Å². The molecule has 2 aromatic heterocycles. The van der Waals surface area contributed by atoms with E-state index in [1.54, 1.807) is 41.0 Å². The molecule has 1 aliphatic carbocycles. The van der Waals surface area contributed by atoms with Crippen molar-refractivity contribution in [2.24, 2.45) is 5.73 Å². The first-order valence-corrected chi connectivity index (χ1v) is 12.7. The van der Waals surface area contributed by atoms with Gasteiger partial charge in [0.05, 0.1) is 5.54 Å². The molecule has 2 heterocycles. The minimum Gasteiger partial charge on any atom is -0.318 e. The number of thiophene rings is 1. The molecular weight excluding hydrogens is 436 g/mol. The normalized spacial score (nSPS) is 19.6. The van der Waals surface area contributed by atoms with Crippen LogP contribution in [0.1, 0.15) is 23.7 Å². The van der Waals surface area contributed by atoms with Crippen molar-refractivity contribution < 1.29 is 8.42 Å². The molecule has 3 N–H and O–H groups in total. The maximum Gasteiger partial charge on any atom is 0.273 e. The van der Waals surface area contributed by atoms with E-state index in [2.05, 4.69) is 10.3 Å². The number of nitrogens with zero attached hydrogens (tertiary/aromatic N) is 2. The number of likely N-dealkylation sites (N-methyl/N-ethyl adjacent to an activating group) is 1. The molecule has 0 amide bonds. The second kappa shape index (κ2) is 9.40. The number of rotatable bonds is 8. The topological polar surface area (TPSA) is 88.3 Å². The van der Waals surface area contributed by atoms with E-state index in [1.807, 2.05) is 51.4 Å². The van der Waals surface area contributed by atoms with Crippen LogP contribution in [0, 0.1) is 0 Å².